The number of primary amides is 1. The number of aromatic nitrogens is 1. The van der Waals surface area contributed by atoms with E-state index in [1.807, 2.05) is 12.1 Å². The maximum atomic E-state index is 11.8. The van der Waals surface area contributed by atoms with Crippen molar-refractivity contribution in [2.75, 3.05) is 0 Å². The lowest BCUT2D eigenvalue weighted by molar-refractivity contribution is -0.125. The predicted octanol–water partition coefficient (Wildman–Crippen LogP) is 2.49. The van der Waals surface area contributed by atoms with Crippen LogP contribution in [-0.4, -0.2) is 23.0 Å². The third kappa shape index (κ3) is 3.34. The van der Waals surface area contributed by atoms with Gasteiger partial charge in [-0.15, -0.1) is 11.3 Å². The average molecular weight is 311 g/mol. The van der Waals surface area contributed by atoms with E-state index in [0.29, 0.717) is 10.0 Å². The smallest absolute Gasteiger partial charge is 0.358 e. The summed E-state index contributed by atoms with van der Waals surface area (Å²) in [7, 11) is 0. The molecule has 104 valence electrons. The zero-order valence-corrected chi connectivity index (χ0v) is 12.1. The molecule has 0 aliphatic heterocycles. The van der Waals surface area contributed by atoms with Crippen molar-refractivity contribution in [1.29, 1.82) is 0 Å². The number of rotatable bonds is 4. The normalized spacial score (nSPS) is 11.9. The molecule has 0 aliphatic rings. The molecule has 1 heterocycles. The monoisotopic (exact) mass is 310 g/mol. The third-order valence-electron chi connectivity index (χ3n) is 2.49. The first-order valence-corrected chi connectivity index (χ1v) is 6.95. The highest BCUT2D eigenvalue weighted by molar-refractivity contribution is 7.13. The zero-order chi connectivity index (χ0) is 14.7. The molecule has 0 aliphatic carbocycles. The van der Waals surface area contributed by atoms with Crippen LogP contribution in [0.5, 0.6) is 0 Å². The number of thiazole rings is 1. The summed E-state index contributed by atoms with van der Waals surface area (Å²) < 4.78 is 4.88. The molecule has 1 aromatic heterocycles. The fourth-order valence-electron chi connectivity index (χ4n) is 1.37. The van der Waals surface area contributed by atoms with Gasteiger partial charge in [-0.25, -0.2) is 9.78 Å². The van der Waals surface area contributed by atoms with Gasteiger partial charge in [-0.2, -0.15) is 0 Å². The van der Waals surface area contributed by atoms with Gasteiger partial charge in [0.05, 0.1) is 0 Å². The van der Waals surface area contributed by atoms with E-state index in [9.17, 15) is 9.59 Å². The molecule has 0 radical (unpaired) electrons. The molecule has 5 nitrogen and oxygen atoms in total. The number of amides is 1. The van der Waals surface area contributed by atoms with Crippen LogP contribution < -0.4 is 5.73 Å². The Kier molecular flexibility index (Phi) is 4.36. The minimum atomic E-state index is -0.983. The number of nitrogens with two attached hydrogens (primary N) is 1. The van der Waals surface area contributed by atoms with Gasteiger partial charge in [0.15, 0.2) is 11.8 Å². The van der Waals surface area contributed by atoms with Crippen molar-refractivity contribution in [3.8, 4) is 10.6 Å². The first kappa shape index (κ1) is 14.5. The van der Waals surface area contributed by atoms with Crippen LogP contribution in [0.2, 0.25) is 5.02 Å². The highest BCUT2D eigenvalue weighted by Crippen LogP contribution is 2.25. The molecule has 0 saturated carbocycles. The topological polar surface area (TPSA) is 82.3 Å². The van der Waals surface area contributed by atoms with E-state index in [-0.39, 0.29) is 5.69 Å². The first-order valence-electron chi connectivity index (χ1n) is 5.69. The average Bonchev–Trinajstić information content (AvgIpc) is 2.89. The summed E-state index contributed by atoms with van der Waals surface area (Å²) in [5.41, 5.74) is 6.02. The summed E-state index contributed by atoms with van der Waals surface area (Å²) in [4.78, 5) is 26.8. The highest BCUT2D eigenvalue weighted by Gasteiger charge is 2.18. The number of nitrogens with zero attached hydrogens (tertiary/aromatic N) is 1. The minimum absolute atomic E-state index is 0.146. The van der Waals surface area contributed by atoms with Gasteiger partial charge in [0.1, 0.15) is 5.01 Å². The van der Waals surface area contributed by atoms with E-state index < -0.39 is 18.0 Å². The Morgan fingerprint density at radius 3 is 2.60 bits per heavy atom. The Morgan fingerprint density at radius 2 is 2.00 bits per heavy atom. The summed E-state index contributed by atoms with van der Waals surface area (Å²) in [5, 5.41) is 2.86. The molecule has 0 spiro atoms. The third-order valence-corrected chi connectivity index (χ3v) is 3.63. The molecular weight excluding hydrogens is 300 g/mol. The van der Waals surface area contributed by atoms with E-state index in [4.69, 9.17) is 22.1 Å². The van der Waals surface area contributed by atoms with E-state index >= 15 is 0 Å². The molecule has 2 rings (SSSR count). The molecule has 7 heteroatoms. The molecule has 1 atom stereocenters. The maximum absolute atomic E-state index is 11.8. The Balaban J connectivity index is 2.14. The lowest BCUT2D eigenvalue weighted by Crippen LogP contribution is -2.30. The molecular formula is C13H11ClN2O3S. The van der Waals surface area contributed by atoms with Gasteiger partial charge in [0.25, 0.3) is 5.91 Å². The minimum Gasteiger partial charge on any atom is -0.448 e. The second kappa shape index (κ2) is 6.02. The zero-order valence-electron chi connectivity index (χ0n) is 10.5. The van der Waals surface area contributed by atoms with E-state index in [2.05, 4.69) is 4.98 Å². The molecule has 0 unspecified atom stereocenters. The van der Waals surface area contributed by atoms with Crippen LogP contribution in [-0.2, 0) is 9.53 Å². The Bertz CT molecular complexity index is 639. The lowest BCUT2D eigenvalue weighted by atomic mass is 10.2. The van der Waals surface area contributed by atoms with Crippen molar-refractivity contribution < 1.29 is 14.3 Å². The number of benzene rings is 1. The number of carbonyl (C=O) groups is 2. The van der Waals surface area contributed by atoms with E-state index in [1.54, 1.807) is 17.5 Å². The van der Waals surface area contributed by atoms with Crippen LogP contribution in [0.25, 0.3) is 10.6 Å². The number of esters is 1. The largest absolute Gasteiger partial charge is 0.448 e. The summed E-state index contributed by atoms with van der Waals surface area (Å²) in [6, 6.07) is 7.10. The predicted molar refractivity (Wildman–Crippen MR) is 76.6 cm³/mol. The Hall–Kier alpha value is -1.92. The first-order chi connectivity index (χ1) is 9.47. The van der Waals surface area contributed by atoms with Crippen LogP contribution in [0, 0.1) is 0 Å². The number of ether oxygens (including phenoxy) is 1. The molecule has 0 fully saturated rings. The second-order valence-electron chi connectivity index (χ2n) is 3.99. The summed E-state index contributed by atoms with van der Waals surface area (Å²) >= 11 is 7.11. The lowest BCUT2D eigenvalue weighted by Gasteiger charge is -2.07. The molecule has 1 aromatic carbocycles. The van der Waals surface area contributed by atoms with Crippen molar-refractivity contribution in [2.24, 2.45) is 5.73 Å². The number of hydrogen-bond donors (Lipinski definition) is 1. The fourth-order valence-corrected chi connectivity index (χ4v) is 2.29. The summed E-state index contributed by atoms with van der Waals surface area (Å²) in [5.74, 6) is -1.38. The van der Waals surface area contributed by atoms with Crippen LogP contribution in [0.3, 0.4) is 0 Å². The second-order valence-corrected chi connectivity index (χ2v) is 5.29. The number of carbonyl (C=O) groups excluding carboxylic acids is 2. The fraction of sp³-hybridized carbons (Fsp3) is 0.154. The van der Waals surface area contributed by atoms with Gasteiger partial charge >= 0.3 is 5.97 Å². The Morgan fingerprint density at radius 1 is 1.35 bits per heavy atom. The van der Waals surface area contributed by atoms with E-state index in [0.717, 1.165) is 5.56 Å². The van der Waals surface area contributed by atoms with Gasteiger partial charge in [-0.05, 0) is 19.1 Å². The van der Waals surface area contributed by atoms with Crippen LogP contribution >= 0.6 is 22.9 Å². The van der Waals surface area contributed by atoms with Crippen molar-refractivity contribution in [2.45, 2.75) is 13.0 Å². The van der Waals surface area contributed by atoms with Crippen LogP contribution in [0.15, 0.2) is 29.6 Å². The quantitative estimate of drug-likeness (QED) is 0.880. The van der Waals surface area contributed by atoms with Crippen molar-refractivity contribution in [3.05, 3.63) is 40.4 Å². The highest BCUT2D eigenvalue weighted by atomic mass is 35.5. The van der Waals surface area contributed by atoms with Crippen molar-refractivity contribution >= 4 is 34.8 Å². The molecule has 2 N–H and O–H groups in total. The van der Waals surface area contributed by atoms with Gasteiger partial charge in [-0.3, -0.25) is 4.79 Å². The van der Waals surface area contributed by atoms with Gasteiger partial charge in [-0.1, -0.05) is 23.7 Å². The standard InChI is InChI=1S/C13H11ClN2O3S/c1-7(11(15)17)19-13(18)10-6-20-12(16-10)8-2-4-9(14)5-3-8/h2-7H,1H3,(H2,15,17)/t7-/m0/s1. The van der Waals surface area contributed by atoms with Crippen molar-refractivity contribution in [3.63, 3.8) is 0 Å². The molecule has 2 aromatic rings. The number of hydrogen-bond acceptors (Lipinski definition) is 5. The maximum Gasteiger partial charge on any atom is 0.358 e. The molecule has 1 amide bonds. The van der Waals surface area contributed by atoms with Crippen molar-refractivity contribution in [1.82, 2.24) is 4.98 Å². The number of halogens is 1. The molecule has 0 saturated heterocycles. The molecule has 0 bridgehead atoms. The van der Waals surface area contributed by atoms with Gasteiger partial charge in [0, 0.05) is 16.0 Å². The summed E-state index contributed by atoms with van der Waals surface area (Å²) in [6.45, 7) is 1.41. The van der Waals surface area contributed by atoms with Gasteiger partial charge in [0.2, 0.25) is 0 Å². The molecule has 20 heavy (non-hydrogen) atoms. The van der Waals surface area contributed by atoms with E-state index in [1.165, 1.54) is 18.3 Å². The van der Waals surface area contributed by atoms with Crippen LogP contribution in [0.1, 0.15) is 17.4 Å². The SMILES string of the molecule is C[C@H](OC(=O)c1csc(-c2ccc(Cl)cc2)n1)C(N)=O. The Labute approximate surface area is 124 Å². The van der Waals surface area contributed by atoms with Crippen LogP contribution in [0.4, 0.5) is 0 Å². The summed E-state index contributed by atoms with van der Waals surface area (Å²) in [6.07, 6.45) is -0.983. The van der Waals surface area contributed by atoms with Gasteiger partial charge < -0.3 is 10.5 Å².